The van der Waals surface area contributed by atoms with Gasteiger partial charge in [0, 0.05) is 44.9 Å². The Morgan fingerprint density at radius 3 is 1.69 bits per heavy atom. The molecule has 1 saturated heterocycles. The van der Waals surface area contributed by atoms with E-state index in [4.69, 9.17) is 0 Å². The Labute approximate surface area is 506 Å². The predicted octanol–water partition coefficient (Wildman–Crippen LogP) is 1.94. The molecular weight excluding hydrogens is 1090 g/mol. The third-order valence-electron chi connectivity index (χ3n) is 14.9. The number of hydrogen-bond donors (Lipinski definition) is 12. The highest BCUT2D eigenvalue weighted by Gasteiger charge is 2.43. The highest BCUT2D eigenvalue weighted by molar-refractivity contribution is 6.00. The maximum Gasteiger partial charge on any atom is 0.246 e. The van der Waals surface area contributed by atoms with Crippen LogP contribution in [0.1, 0.15) is 182 Å². The highest BCUT2D eigenvalue weighted by atomic mass is 16.3. The van der Waals surface area contributed by atoms with Crippen molar-refractivity contribution in [2.75, 3.05) is 26.7 Å². The number of carbonyl (C=O) groups is 11. The van der Waals surface area contributed by atoms with Gasteiger partial charge in [0.05, 0.1) is 12.2 Å². The monoisotopic (exact) mass is 1200 g/mol. The maximum atomic E-state index is 14.5. The lowest BCUT2D eigenvalue weighted by Gasteiger charge is -2.34. The number of ketones is 1. The molecule has 24 nitrogen and oxygen atoms in total. The number of rotatable bonds is 37. The molecule has 0 aromatic carbocycles. The average molecular weight is 1200 g/mol. The molecule has 0 saturated carbocycles. The van der Waals surface area contributed by atoms with Crippen LogP contribution in [0.25, 0.3) is 0 Å². The van der Waals surface area contributed by atoms with E-state index < -0.39 is 118 Å². The predicted molar refractivity (Wildman–Crippen MR) is 325 cm³/mol. The van der Waals surface area contributed by atoms with E-state index in [0.29, 0.717) is 19.5 Å². The van der Waals surface area contributed by atoms with Gasteiger partial charge in [0.25, 0.3) is 0 Å². The number of nitrogens with one attached hydrogen (secondary N) is 10. The molecule has 1 heterocycles. The van der Waals surface area contributed by atoms with Crippen molar-refractivity contribution in [2.24, 2.45) is 35.5 Å². The Kier molecular flexibility index (Phi) is 32.2. The van der Waals surface area contributed by atoms with Crippen molar-refractivity contribution in [3.63, 3.8) is 0 Å². The van der Waals surface area contributed by atoms with Gasteiger partial charge >= 0.3 is 0 Å². The molecule has 1 unspecified atom stereocenters. The van der Waals surface area contributed by atoms with Crippen LogP contribution in [-0.4, -0.2) is 172 Å². The minimum absolute atomic E-state index is 0.00469. The first-order valence-electron chi connectivity index (χ1n) is 30.5. The van der Waals surface area contributed by atoms with Crippen LogP contribution in [0.2, 0.25) is 0 Å². The molecule has 1 aliphatic rings. The molecule has 0 aromatic rings. The second-order valence-electron chi connectivity index (χ2n) is 26.4. The maximum absolute atomic E-state index is 14.5. The fourth-order valence-electron chi connectivity index (χ4n) is 9.54. The summed E-state index contributed by atoms with van der Waals surface area (Å²) in [6.45, 7) is 31.0. The van der Waals surface area contributed by atoms with Gasteiger partial charge in [-0.05, 0) is 129 Å². The van der Waals surface area contributed by atoms with Gasteiger partial charge in [0.1, 0.15) is 52.6 Å². The summed E-state index contributed by atoms with van der Waals surface area (Å²) in [4.78, 5) is 152. The number of likely N-dealkylation sites (tertiary alicyclic amines) is 1. The Hall–Kier alpha value is -6.01. The highest BCUT2D eigenvalue weighted by Crippen LogP contribution is 2.25. The number of hydrogen-bond acceptors (Lipinski definition) is 14. The summed E-state index contributed by atoms with van der Waals surface area (Å²) in [5, 5.41) is 49.6. The third-order valence-corrected chi connectivity index (χ3v) is 14.9. The molecule has 11 atom stereocenters. The summed E-state index contributed by atoms with van der Waals surface area (Å²) in [5.74, 6) is -8.27. The van der Waals surface area contributed by atoms with E-state index in [1.165, 1.54) is 52.5 Å². The van der Waals surface area contributed by atoms with E-state index in [9.17, 15) is 63.0 Å². The van der Waals surface area contributed by atoms with Crippen LogP contribution < -0.4 is 53.2 Å². The number of carbonyl (C=O) groups excluding carboxylic acids is 11. The zero-order valence-electron chi connectivity index (χ0n) is 54.6. The summed E-state index contributed by atoms with van der Waals surface area (Å²) in [5.41, 5.74) is -4.92. The van der Waals surface area contributed by atoms with Crippen molar-refractivity contribution in [1.29, 1.82) is 0 Å². The molecule has 1 rings (SSSR count). The Morgan fingerprint density at radius 1 is 0.624 bits per heavy atom. The van der Waals surface area contributed by atoms with Gasteiger partial charge in [0.15, 0.2) is 0 Å². The molecular formula is C61H109N11O13. The van der Waals surface area contributed by atoms with Crippen LogP contribution in [0, 0.1) is 35.5 Å². The molecule has 85 heavy (non-hydrogen) atoms. The standard InChI is InChI=1S/C61H109N11O13/c1-20-37(9)22-23-48(76)72-33-39(11)30-46(72)54(81)66-45(29-38(10)28-42(74)31-41(73)21-2)52(79)68-49(50(77)36(7)8)55(82)70-60(15,16)57(84)67-43(26-34(3)4)51(78)65-44(27-35(5)6)53(80)69-61(17,18)58(85)71-59(13,14)56(83)63-25-24-47(75)64-40(12)32-62-19/h22-23,34-40,42-46,49-50,62,74,77H,20-21,24-33H2,1-19H3,(H,63,83)(H,64,75)(H,65,78)(H,66,81)(H,67,84)(H,68,79)(H,69,80)(H,70,82)(H,71,85)/b23-22+/t37-,38+,39-,40-,42?,43-,44-,45-,46-,49-,50+/m0/s1. The normalized spacial score (nSPS) is 18.0. The van der Waals surface area contributed by atoms with Crippen LogP contribution in [-0.2, 0) is 52.7 Å². The molecule has 24 heteroatoms. The Morgan fingerprint density at radius 2 is 1.15 bits per heavy atom. The lowest BCUT2D eigenvalue weighted by Crippen LogP contribution is -2.66. The molecule has 0 bridgehead atoms. The summed E-state index contributed by atoms with van der Waals surface area (Å²) < 4.78 is 0. The zero-order valence-corrected chi connectivity index (χ0v) is 54.6. The second kappa shape index (κ2) is 35.6. The fourth-order valence-corrected chi connectivity index (χ4v) is 9.54. The fraction of sp³-hybridized carbons (Fsp3) is 0.787. The lowest BCUT2D eigenvalue weighted by atomic mass is 9.92. The van der Waals surface area contributed by atoms with Gasteiger partial charge < -0.3 is 68.3 Å². The number of aliphatic hydroxyl groups is 2. The van der Waals surface area contributed by atoms with E-state index in [2.05, 4.69) is 53.2 Å². The van der Waals surface area contributed by atoms with Crippen LogP contribution in [0.5, 0.6) is 0 Å². The smallest absolute Gasteiger partial charge is 0.246 e. The Bertz CT molecular complexity index is 2300. The first kappa shape index (κ1) is 77.0. The van der Waals surface area contributed by atoms with Crippen molar-refractivity contribution in [3.05, 3.63) is 12.2 Å². The molecule has 0 radical (unpaired) electrons. The SMILES string of the molecule is CCC(=O)CC(O)C[C@@H](C)C[C@H](NC(=O)[C@@H]1C[C@H](C)CN1C(=O)/C=C/[C@@H](C)CC)C(=O)N[C@H](C(=O)NC(C)(C)C(=O)N[C@@H](CC(C)C)C(=O)N[C@@H](CC(C)C)C(=O)NC(C)(C)C(=O)NC(C)(C)C(=O)NCCC(=O)N[C@@H](C)CNC)[C@H](O)C(C)C. The van der Waals surface area contributed by atoms with Gasteiger partial charge in [-0.2, -0.15) is 0 Å². The van der Waals surface area contributed by atoms with Crippen LogP contribution in [0.4, 0.5) is 0 Å². The van der Waals surface area contributed by atoms with Crippen molar-refractivity contribution >= 4 is 64.9 Å². The molecule has 0 aromatic heterocycles. The quantitative estimate of drug-likeness (QED) is 0.0396. The summed E-state index contributed by atoms with van der Waals surface area (Å²) in [6.07, 6.45) is 2.06. The second-order valence-corrected chi connectivity index (χ2v) is 26.4. The largest absolute Gasteiger partial charge is 0.393 e. The third kappa shape index (κ3) is 27.1. The molecule has 0 aliphatic carbocycles. The van der Waals surface area contributed by atoms with Gasteiger partial charge in [-0.1, -0.05) is 88.7 Å². The Balaban J connectivity index is 3.45. The molecule has 0 spiro atoms. The first-order valence-corrected chi connectivity index (χ1v) is 30.5. The minimum atomic E-state index is -1.82. The number of aliphatic hydroxyl groups excluding tert-OH is 2. The van der Waals surface area contributed by atoms with Crippen LogP contribution >= 0.6 is 0 Å². The molecule has 1 aliphatic heterocycles. The first-order chi connectivity index (χ1) is 39.2. The van der Waals surface area contributed by atoms with Crippen molar-refractivity contribution in [1.82, 2.24) is 58.1 Å². The zero-order chi connectivity index (χ0) is 65.5. The molecule has 1 fully saturated rings. The summed E-state index contributed by atoms with van der Waals surface area (Å²) in [7, 11) is 1.76. The molecule has 12 N–H and O–H groups in total. The topological polar surface area (TPSA) is 352 Å². The van der Waals surface area contributed by atoms with Crippen molar-refractivity contribution in [3.8, 4) is 0 Å². The number of allylic oxidation sites excluding steroid dienone is 1. The number of amides is 10. The van der Waals surface area contributed by atoms with E-state index in [-0.39, 0.29) is 98.8 Å². The van der Waals surface area contributed by atoms with E-state index in [0.717, 1.165) is 6.42 Å². The number of Topliss-reactive ketones (excluding diaryl/α,β-unsaturated/α-hetero) is 1. The van der Waals surface area contributed by atoms with Crippen LogP contribution in [0.15, 0.2) is 12.2 Å². The van der Waals surface area contributed by atoms with Crippen molar-refractivity contribution < 1.29 is 63.0 Å². The summed E-state index contributed by atoms with van der Waals surface area (Å²) >= 11 is 0. The van der Waals surface area contributed by atoms with Gasteiger partial charge in [-0.25, -0.2) is 0 Å². The lowest BCUT2D eigenvalue weighted by molar-refractivity contribution is -0.140. The van der Waals surface area contributed by atoms with E-state index in [1.807, 2.05) is 55.4 Å². The summed E-state index contributed by atoms with van der Waals surface area (Å²) in [6, 6.07) is -6.63. The van der Waals surface area contributed by atoms with Crippen LogP contribution in [0.3, 0.4) is 0 Å². The van der Waals surface area contributed by atoms with E-state index >= 15 is 0 Å². The van der Waals surface area contributed by atoms with E-state index in [1.54, 1.807) is 40.8 Å². The number of likely N-dealkylation sites (N-methyl/N-ethyl adjacent to an activating group) is 1. The van der Waals surface area contributed by atoms with Gasteiger partial charge in [-0.15, -0.1) is 0 Å². The molecule has 10 amide bonds. The molecule has 486 valence electrons. The number of nitrogens with zero attached hydrogens (tertiary/aromatic N) is 1. The minimum Gasteiger partial charge on any atom is -0.393 e. The van der Waals surface area contributed by atoms with Gasteiger partial charge in [-0.3, -0.25) is 52.7 Å². The van der Waals surface area contributed by atoms with Crippen molar-refractivity contribution in [2.45, 2.75) is 247 Å². The average Bonchev–Trinajstić information content (AvgIpc) is 3.97. The van der Waals surface area contributed by atoms with Gasteiger partial charge in [0.2, 0.25) is 59.1 Å².